The highest BCUT2D eigenvalue weighted by molar-refractivity contribution is 5.85. The first-order chi connectivity index (χ1) is 8.45. The molecule has 6 heteroatoms. The fourth-order valence-electron chi connectivity index (χ4n) is 1.64. The Balaban J connectivity index is 2.19. The van der Waals surface area contributed by atoms with Gasteiger partial charge in [0.25, 0.3) is 0 Å². The van der Waals surface area contributed by atoms with E-state index in [-0.39, 0.29) is 11.3 Å². The summed E-state index contributed by atoms with van der Waals surface area (Å²) in [5.74, 6) is 1.09. The number of hydrogen-bond donors (Lipinski definition) is 3. The lowest BCUT2D eigenvalue weighted by Gasteiger charge is -2.22. The molecule has 1 aromatic rings. The van der Waals surface area contributed by atoms with Gasteiger partial charge in [0.1, 0.15) is 11.6 Å². The maximum Gasteiger partial charge on any atom is 0.144 e. The van der Waals surface area contributed by atoms with Gasteiger partial charge in [-0.1, -0.05) is 24.2 Å². The van der Waals surface area contributed by atoms with Crippen molar-refractivity contribution in [3.63, 3.8) is 0 Å². The number of aryl methyl sites for hydroxylation is 1. The predicted octanol–water partition coefficient (Wildman–Crippen LogP) is 1.63. The van der Waals surface area contributed by atoms with Crippen molar-refractivity contribution in [3.8, 4) is 0 Å². The molecule has 0 aliphatic rings. The summed E-state index contributed by atoms with van der Waals surface area (Å²) in [6, 6.07) is 1.91. The minimum Gasteiger partial charge on any atom is -0.409 e. The first-order valence-corrected chi connectivity index (χ1v) is 6.06. The second-order valence-electron chi connectivity index (χ2n) is 5.08. The standard InChI is InChI=1S/C12H22N4O2/c1-9-7-10(16-18-9)8-14-6-4-5-12(2,3)11(13)15-17/h7,14,17H,4-6,8H2,1-3H3,(H2,13,15). The van der Waals surface area contributed by atoms with Gasteiger partial charge >= 0.3 is 0 Å². The van der Waals surface area contributed by atoms with Crippen LogP contribution in [0, 0.1) is 12.3 Å². The Morgan fingerprint density at radius 3 is 2.89 bits per heavy atom. The SMILES string of the molecule is Cc1cc(CNCCCC(C)(C)C(N)=NO)no1. The summed E-state index contributed by atoms with van der Waals surface area (Å²) < 4.78 is 4.97. The molecule has 0 aromatic carbocycles. The highest BCUT2D eigenvalue weighted by Gasteiger charge is 2.22. The summed E-state index contributed by atoms with van der Waals surface area (Å²) in [4.78, 5) is 0. The highest BCUT2D eigenvalue weighted by atomic mass is 16.5. The topological polar surface area (TPSA) is 96.7 Å². The van der Waals surface area contributed by atoms with E-state index in [0.29, 0.717) is 6.54 Å². The van der Waals surface area contributed by atoms with Gasteiger partial charge in [-0.15, -0.1) is 0 Å². The second kappa shape index (κ2) is 6.39. The Kier molecular flexibility index (Phi) is 5.15. The highest BCUT2D eigenvalue weighted by Crippen LogP contribution is 2.21. The van der Waals surface area contributed by atoms with Crippen LogP contribution in [0.4, 0.5) is 0 Å². The van der Waals surface area contributed by atoms with Crippen molar-refractivity contribution in [3.05, 3.63) is 17.5 Å². The van der Waals surface area contributed by atoms with Crippen LogP contribution in [0.3, 0.4) is 0 Å². The third kappa shape index (κ3) is 4.37. The molecule has 0 fully saturated rings. The van der Waals surface area contributed by atoms with Crippen LogP contribution in [-0.4, -0.2) is 22.7 Å². The van der Waals surface area contributed by atoms with Crippen molar-refractivity contribution < 1.29 is 9.73 Å². The Hall–Kier alpha value is -1.56. The summed E-state index contributed by atoms with van der Waals surface area (Å²) in [5, 5.41) is 18.9. The Morgan fingerprint density at radius 2 is 2.33 bits per heavy atom. The fraction of sp³-hybridized carbons (Fsp3) is 0.667. The summed E-state index contributed by atoms with van der Waals surface area (Å²) in [5.41, 5.74) is 6.25. The van der Waals surface area contributed by atoms with Crippen LogP contribution in [0.5, 0.6) is 0 Å². The molecule has 1 aromatic heterocycles. The number of oxime groups is 1. The molecule has 0 aliphatic heterocycles. The number of hydrogen-bond acceptors (Lipinski definition) is 5. The van der Waals surface area contributed by atoms with Gasteiger partial charge in [0, 0.05) is 18.0 Å². The van der Waals surface area contributed by atoms with Gasteiger partial charge in [0.2, 0.25) is 0 Å². The maximum atomic E-state index is 8.65. The van der Waals surface area contributed by atoms with Gasteiger partial charge in [-0.05, 0) is 26.3 Å². The molecule has 102 valence electrons. The normalized spacial score (nSPS) is 12.9. The van der Waals surface area contributed by atoms with Crippen molar-refractivity contribution >= 4 is 5.84 Å². The molecule has 0 saturated heterocycles. The van der Waals surface area contributed by atoms with Crippen molar-refractivity contribution in [2.45, 2.75) is 40.2 Å². The fourth-order valence-corrected chi connectivity index (χ4v) is 1.64. The minimum absolute atomic E-state index is 0.273. The van der Waals surface area contributed by atoms with E-state index in [1.165, 1.54) is 0 Å². The Labute approximate surface area is 107 Å². The van der Waals surface area contributed by atoms with Crippen LogP contribution in [0.2, 0.25) is 0 Å². The molecular weight excluding hydrogens is 232 g/mol. The lowest BCUT2D eigenvalue weighted by atomic mass is 9.86. The van der Waals surface area contributed by atoms with Crippen molar-refractivity contribution in [2.24, 2.45) is 16.3 Å². The number of nitrogens with two attached hydrogens (primary N) is 1. The quantitative estimate of drug-likeness (QED) is 0.226. The van der Waals surface area contributed by atoms with Crippen molar-refractivity contribution in [2.75, 3.05) is 6.54 Å². The van der Waals surface area contributed by atoms with Crippen LogP contribution in [0.1, 0.15) is 38.1 Å². The molecule has 0 saturated carbocycles. The van der Waals surface area contributed by atoms with Crippen LogP contribution in [0.15, 0.2) is 15.7 Å². The van der Waals surface area contributed by atoms with Gasteiger partial charge in [-0.3, -0.25) is 0 Å². The molecule has 0 atom stereocenters. The van der Waals surface area contributed by atoms with E-state index in [1.807, 2.05) is 26.8 Å². The van der Waals surface area contributed by atoms with Gasteiger partial charge in [0.05, 0.1) is 5.69 Å². The number of amidine groups is 1. The van der Waals surface area contributed by atoms with Crippen molar-refractivity contribution in [1.29, 1.82) is 0 Å². The molecule has 18 heavy (non-hydrogen) atoms. The van der Waals surface area contributed by atoms with E-state index >= 15 is 0 Å². The summed E-state index contributed by atoms with van der Waals surface area (Å²) >= 11 is 0. The lowest BCUT2D eigenvalue weighted by Crippen LogP contribution is -2.32. The molecule has 0 aliphatic carbocycles. The minimum atomic E-state index is -0.277. The summed E-state index contributed by atoms with van der Waals surface area (Å²) in [6.07, 6.45) is 1.80. The molecule has 0 radical (unpaired) electrons. The average molecular weight is 254 g/mol. The number of nitrogens with zero attached hydrogens (tertiary/aromatic N) is 2. The number of rotatable bonds is 7. The zero-order chi connectivity index (χ0) is 13.6. The number of nitrogens with one attached hydrogen (secondary N) is 1. The largest absolute Gasteiger partial charge is 0.409 e. The molecule has 0 unspecified atom stereocenters. The lowest BCUT2D eigenvalue weighted by molar-refractivity contribution is 0.304. The molecule has 1 heterocycles. The molecule has 6 nitrogen and oxygen atoms in total. The first-order valence-electron chi connectivity index (χ1n) is 6.06. The average Bonchev–Trinajstić information content (AvgIpc) is 2.73. The van der Waals surface area contributed by atoms with Crippen LogP contribution in [0.25, 0.3) is 0 Å². The smallest absolute Gasteiger partial charge is 0.144 e. The molecule has 1 rings (SSSR count). The molecule has 0 bridgehead atoms. The van der Waals surface area contributed by atoms with Crippen LogP contribution >= 0.6 is 0 Å². The van der Waals surface area contributed by atoms with E-state index in [2.05, 4.69) is 15.6 Å². The van der Waals surface area contributed by atoms with Crippen molar-refractivity contribution in [1.82, 2.24) is 10.5 Å². The van der Waals surface area contributed by atoms with E-state index in [9.17, 15) is 0 Å². The first kappa shape index (κ1) is 14.5. The monoisotopic (exact) mass is 254 g/mol. The van der Waals surface area contributed by atoms with E-state index in [0.717, 1.165) is 30.8 Å². The predicted molar refractivity (Wildman–Crippen MR) is 69.4 cm³/mol. The van der Waals surface area contributed by atoms with E-state index in [4.69, 9.17) is 15.5 Å². The third-order valence-corrected chi connectivity index (χ3v) is 2.94. The second-order valence-corrected chi connectivity index (χ2v) is 5.08. The van der Waals surface area contributed by atoms with E-state index < -0.39 is 0 Å². The maximum absolute atomic E-state index is 8.65. The molecule has 4 N–H and O–H groups in total. The molecular formula is C12H22N4O2. The summed E-state index contributed by atoms with van der Waals surface area (Å²) in [6.45, 7) is 7.34. The zero-order valence-corrected chi connectivity index (χ0v) is 11.2. The van der Waals surface area contributed by atoms with Gasteiger partial charge in [-0.2, -0.15) is 0 Å². The Morgan fingerprint density at radius 1 is 1.61 bits per heavy atom. The zero-order valence-electron chi connectivity index (χ0n) is 11.2. The van der Waals surface area contributed by atoms with Crippen LogP contribution < -0.4 is 11.1 Å². The van der Waals surface area contributed by atoms with Gasteiger partial charge in [0.15, 0.2) is 0 Å². The number of aromatic nitrogens is 1. The van der Waals surface area contributed by atoms with Gasteiger partial charge in [-0.25, -0.2) is 0 Å². The van der Waals surface area contributed by atoms with E-state index in [1.54, 1.807) is 0 Å². The Bertz CT molecular complexity index is 399. The van der Waals surface area contributed by atoms with Crippen LogP contribution in [-0.2, 0) is 6.54 Å². The molecule has 0 amide bonds. The molecule has 0 spiro atoms. The summed E-state index contributed by atoms with van der Waals surface area (Å²) in [7, 11) is 0. The third-order valence-electron chi connectivity index (χ3n) is 2.94. The van der Waals surface area contributed by atoms with Gasteiger partial charge < -0.3 is 20.8 Å².